The Morgan fingerprint density at radius 1 is 1.67 bits per heavy atom. The Balaban J connectivity index is 2.30. The molecule has 0 amide bonds. The summed E-state index contributed by atoms with van der Waals surface area (Å²) in [7, 11) is 0. The maximum atomic E-state index is 5.30. The first-order valence-corrected chi connectivity index (χ1v) is 3.31. The van der Waals surface area contributed by atoms with Crippen molar-refractivity contribution in [2.45, 2.75) is 6.61 Å². The van der Waals surface area contributed by atoms with Crippen LogP contribution in [0, 0.1) is 0 Å². The van der Waals surface area contributed by atoms with Crippen LogP contribution in [0.5, 0.6) is 0 Å². The van der Waals surface area contributed by atoms with E-state index in [1.54, 1.807) is 0 Å². The Hall–Kier alpha value is -0.400. The summed E-state index contributed by atoms with van der Waals surface area (Å²) in [5, 5.41) is 0. The van der Waals surface area contributed by atoms with Gasteiger partial charge in [0.2, 0.25) is 0 Å². The fraction of sp³-hybridized carbons (Fsp3) is 0.286. The van der Waals surface area contributed by atoms with Gasteiger partial charge >= 0.3 is 0 Å². The highest BCUT2D eigenvalue weighted by atomic mass is 35.5. The number of alkyl halides is 1. The van der Waals surface area contributed by atoms with Crippen LogP contribution in [0.1, 0.15) is 5.56 Å². The van der Waals surface area contributed by atoms with E-state index in [9.17, 15) is 0 Å². The van der Waals surface area contributed by atoms with Crippen molar-refractivity contribution in [3.63, 3.8) is 0 Å². The summed E-state index contributed by atoms with van der Waals surface area (Å²) >= 11 is 5.30. The third-order valence-electron chi connectivity index (χ3n) is 1.08. The molecule has 9 heavy (non-hydrogen) atoms. The molecule has 0 aliphatic carbocycles. The van der Waals surface area contributed by atoms with Crippen molar-refractivity contribution in [3.8, 4) is 0 Å². The number of hydrogen-bond donors (Lipinski definition) is 0. The Morgan fingerprint density at radius 2 is 2.56 bits per heavy atom. The van der Waals surface area contributed by atoms with E-state index in [4.69, 9.17) is 16.3 Å². The fourth-order valence-electron chi connectivity index (χ4n) is 0.667. The highest BCUT2D eigenvalue weighted by molar-refractivity contribution is 6.17. The molecule has 0 aromatic heterocycles. The van der Waals surface area contributed by atoms with Crippen molar-refractivity contribution in [1.82, 2.24) is 0 Å². The average molecular weight is 144 g/mol. The molecule has 0 heterocycles. The lowest BCUT2D eigenvalue weighted by molar-refractivity contribution is 0.165. The standard InChI is InChI=1S/C7H8ClO/c8-6-9-5-7-3-1-2-4-7/h1-4H,5-6H2/q-1. The van der Waals surface area contributed by atoms with E-state index in [-0.39, 0.29) is 6.07 Å². The van der Waals surface area contributed by atoms with Gasteiger partial charge in [-0.25, -0.2) is 6.07 Å². The van der Waals surface area contributed by atoms with Crippen molar-refractivity contribution >= 4 is 11.6 Å². The fourth-order valence-corrected chi connectivity index (χ4v) is 0.744. The first-order valence-electron chi connectivity index (χ1n) is 2.78. The second kappa shape index (κ2) is 3.59. The lowest BCUT2D eigenvalue weighted by atomic mass is 10.4. The zero-order valence-corrected chi connectivity index (χ0v) is 5.77. The molecule has 2 heteroatoms. The first kappa shape index (κ1) is 6.72. The molecule has 0 radical (unpaired) electrons. The van der Waals surface area contributed by atoms with E-state index in [1.165, 1.54) is 5.56 Å². The summed E-state index contributed by atoms with van der Waals surface area (Å²) < 4.78 is 4.94. The van der Waals surface area contributed by atoms with Crippen molar-refractivity contribution in [2.75, 3.05) is 6.07 Å². The predicted octanol–water partition coefficient (Wildman–Crippen LogP) is 2.12. The summed E-state index contributed by atoms with van der Waals surface area (Å²) in [5.74, 6) is 0. The molecule has 0 aliphatic heterocycles. The van der Waals surface area contributed by atoms with Gasteiger partial charge in [-0.3, -0.25) is 0 Å². The van der Waals surface area contributed by atoms with Crippen LogP contribution >= 0.6 is 11.6 Å². The maximum Gasteiger partial charge on any atom is 0.119 e. The van der Waals surface area contributed by atoms with Crippen LogP contribution in [-0.2, 0) is 11.3 Å². The number of halogens is 1. The monoisotopic (exact) mass is 143 g/mol. The summed E-state index contributed by atoms with van der Waals surface area (Å²) in [6.07, 6.45) is 0. The Bertz CT molecular complexity index is 146. The second-order valence-electron chi connectivity index (χ2n) is 1.75. The summed E-state index contributed by atoms with van der Waals surface area (Å²) in [6, 6.07) is 8.24. The molecule has 0 fully saturated rings. The molecule has 0 unspecified atom stereocenters. The molecular formula is C7H8ClO-. The molecular weight excluding hydrogens is 136 g/mol. The molecule has 0 atom stereocenters. The van der Waals surface area contributed by atoms with Crippen LogP contribution in [0.3, 0.4) is 0 Å². The minimum atomic E-state index is 0.269. The number of ether oxygens (including phenoxy) is 1. The molecule has 0 bridgehead atoms. The van der Waals surface area contributed by atoms with Gasteiger partial charge in [0.25, 0.3) is 0 Å². The SMILES string of the molecule is ClCOCc1cc[cH-]c1. The van der Waals surface area contributed by atoms with Crippen LogP contribution in [0.4, 0.5) is 0 Å². The third kappa shape index (κ3) is 2.12. The molecule has 1 rings (SSSR count). The van der Waals surface area contributed by atoms with Gasteiger partial charge < -0.3 is 4.74 Å². The average Bonchev–Trinajstić information content (AvgIpc) is 2.34. The smallest absolute Gasteiger partial charge is 0.119 e. The van der Waals surface area contributed by atoms with Gasteiger partial charge in [0.1, 0.15) is 6.07 Å². The Kier molecular flexibility index (Phi) is 2.68. The normalized spacial score (nSPS) is 9.89. The van der Waals surface area contributed by atoms with E-state index in [0.717, 1.165) is 0 Å². The highest BCUT2D eigenvalue weighted by Crippen LogP contribution is 2.01. The van der Waals surface area contributed by atoms with Crippen LogP contribution in [-0.4, -0.2) is 6.07 Å². The van der Waals surface area contributed by atoms with E-state index < -0.39 is 0 Å². The molecule has 1 aromatic rings. The van der Waals surface area contributed by atoms with Gasteiger partial charge in [0.05, 0.1) is 0 Å². The van der Waals surface area contributed by atoms with Crippen LogP contribution in [0.2, 0.25) is 0 Å². The predicted molar refractivity (Wildman–Crippen MR) is 37.5 cm³/mol. The summed E-state index contributed by atoms with van der Waals surface area (Å²) in [5.41, 5.74) is 1.18. The molecule has 0 saturated heterocycles. The van der Waals surface area contributed by atoms with E-state index in [1.807, 2.05) is 24.3 Å². The molecule has 1 aromatic carbocycles. The van der Waals surface area contributed by atoms with E-state index in [0.29, 0.717) is 6.61 Å². The zero-order valence-electron chi connectivity index (χ0n) is 5.01. The number of rotatable bonds is 3. The van der Waals surface area contributed by atoms with Gasteiger partial charge in [-0.15, -0.1) is 0 Å². The summed E-state index contributed by atoms with van der Waals surface area (Å²) in [6.45, 7) is 0.622. The van der Waals surface area contributed by atoms with Gasteiger partial charge in [-0.1, -0.05) is 11.6 Å². The largest absolute Gasteiger partial charge is 0.374 e. The van der Waals surface area contributed by atoms with Crippen LogP contribution in [0.25, 0.3) is 0 Å². The van der Waals surface area contributed by atoms with Gasteiger partial charge in [0.15, 0.2) is 0 Å². The Morgan fingerprint density at radius 3 is 3.11 bits per heavy atom. The topological polar surface area (TPSA) is 9.23 Å². The lowest BCUT2D eigenvalue weighted by Crippen LogP contribution is -1.86. The minimum absolute atomic E-state index is 0.269. The molecule has 1 nitrogen and oxygen atoms in total. The minimum Gasteiger partial charge on any atom is -0.374 e. The van der Waals surface area contributed by atoms with Crippen molar-refractivity contribution < 1.29 is 4.74 Å². The van der Waals surface area contributed by atoms with E-state index >= 15 is 0 Å². The quantitative estimate of drug-likeness (QED) is 0.465. The van der Waals surface area contributed by atoms with Gasteiger partial charge in [-0.05, 0) is 0 Å². The lowest BCUT2D eigenvalue weighted by Gasteiger charge is -2.00. The van der Waals surface area contributed by atoms with Crippen molar-refractivity contribution in [3.05, 3.63) is 29.8 Å². The van der Waals surface area contributed by atoms with Crippen LogP contribution < -0.4 is 0 Å². The molecule has 50 valence electrons. The van der Waals surface area contributed by atoms with Gasteiger partial charge in [-0.2, -0.15) is 23.8 Å². The second-order valence-corrected chi connectivity index (χ2v) is 1.97. The van der Waals surface area contributed by atoms with Crippen LogP contribution in [0.15, 0.2) is 24.3 Å². The van der Waals surface area contributed by atoms with E-state index in [2.05, 4.69) is 0 Å². The first-order chi connectivity index (χ1) is 4.43. The highest BCUT2D eigenvalue weighted by Gasteiger charge is 1.79. The van der Waals surface area contributed by atoms with Crippen molar-refractivity contribution in [2.24, 2.45) is 0 Å². The summed E-state index contributed by atoms with van der Waals surface area (Å²) in [4.78, 5) is 0. The Labute approximate surface area is 59.6 Å². The molecule has 0 spiro atoms. The van der Waals surface area contributed by atoms with Gasteiger partial charge in [0, 0.05) is 6.61 Å². The number of hydrogen-bond acceptors (Lipinski definition) is 1. The zero-order chi connectivity index (χ0) is 6.53. The van der Waals surface area contributed by atoms with Crippen molar-refractivity contribution in [1.29, 1.82) is 0 Å². The molecule has 0 N–H and O–H groups in total. The molecule has 0 aliphatic rings. The molecule has 0 saturated carbocycles. The third-order valence-corrected chi connectivity index (χ3v) is 1.23. The maximum absolute atomic E-state index is 5.30.